The molecule has 3 aromatic carbocycles. The predicted octanol–water partition coefficient (Wildman–Crippen LogP) is 3.91. The van der Waals surface area contributed by atoms with E-state index >= 15 is 0 Å². The topological polar surface area (TPSA) is 108 Å². The molecule has 0 saturated heterocycles. The highest BCUT2D eigenvalue weighted by molar-refractivity contribution is 7.89. The Kier molecular flexibility index (Phi) is 7.88. The van der Waals surface area contributed by atoms with Gasteiger partial charge in [0.25, 0.3) is 5.69 Å². The Bertz CT molecular complexity index is 1200. The van der Waals surface area contributed by atoms with E-state index < -0.39 is 33.1 Å². The van der Waals surface area contributed by atoms with Gasteiger partial charge >= 0.3 is 0 Å². The SMILES string of the molecule is COC(OC)[C@H](Cc1c(F)cccc1-c1ccccc1)NS(=O)(=O)c1ccc([N+](=O)[O-])cc1. The minimum atomic E-state index is -4.13. The average Bonchev–Trinajstić information content (AvgIpc) is 2.81. The second-order valence-electron chi connectivity index (χ2n) is 7.15. The normalized spacial score (nSPS) is 12.6. The number of ether oxygens (including phenoxy) is 2. The number of nitrogens with one attached hydrogen (secondary N) is 1. The minimum absolute atomic E-state index is 0.0739. The molecule has 8 nitrogen and oxygen atoms in total. The lowest BCUT2D eigenvalue weighted by Gasteiger charge is -2.27. The van der Waals surface area contributed by atoms with E-state index in [1.165, 1.54) is 20.3 Å². The van der Waals surface area contributed by atoms with E-state index in [4.69, 9.17) is 9.47 Å². The van der Waals surface area contributed by atoms with Crippen molar-refractivity contribution >= 4 is 15.7 Å². The Morgan fingerprint density at radius 2 is 1.61 bits per heavy atom. The van der Waals surface area contributed by atoms with Gasteiger partial charge in [0.05, 0.1) is 15.9 Å². The largest absolute Gasteiger partial charge is 0.354 e. The van der Waals surface area contributed by atoms with Crippen molar-refractivity contribution in [3.63, 3.8) is 0 Å². The quantitative estimate of drug-likeness (QED) is 0.271. The van der Waals surface area contributed by atoms with Crippen LogP contribution in [-0.4, -0.2) is 39.9 Å². The van der Waals surface area contributed by atoms with Crippen LogP contribution >= 0.6 is 0 Å². The van der Waals surface area contributed by atoms with Crippen molar-refractivity contribution in [2.45, 2.75) is 23.6 Å². The van der Waals surface area contributed by atoms with Crippen LogP contribution in [0.25, 0.3) is 11.1 Å². The van der Waals surface area contributed by atoms with E-state index in [2.05, 4.69) is 4.72 Å². The summed E-state index contributed by atoms with van der Waals surface area (Å²) in [5.74, 6) is -0.498. The van der Waals surface area contributed by atoms with E-state index in [0.29, 0.717) is 11.1 Å². The van der Waals surface area contributed by atoms with Crippen molar-refractivity contribution in [3.8, 4) is 11.1 Å². The molecule has 0 bridgehead atoms. The fourth-order valence-corrected chi connectivity index (χ4v) is 4.73. The standard InChI is InChI=1S/C23H23FN2O6S/c1-31-23(32-2)22(25-33(29,30)18-13-11-17(12-14-18)26(27)28)15-20-19(9-6-10-21(20)24)16-7-4-3-5-8-16/h3-14,22-23,25H,15H2,1-2H3/t22-/m0/s1. The van der Waals surface area contributed by atoms with Crippen LogP contribution in [0.15, 0.2) is 77.7 Å². The van der Waals surface area contributed by atoms with Crippen molar-refractivity contribution in [1.29, 1.82) is 0 Å². The number of hydrogen-bond donors (Lipinski definition) is 1. The summed E-state index contributed by atoms with van der Waals surface area (Å²) in [5.41, 5.74) is 1.44. The molecular formula is C23H23FN2O6S. The molecule has 0 spiro atoms. The maximum absolute atomic E-state index is 14.9. The Labute approximate surface area is 191 Å². The van der Waals surface area contributed by atoms with Crippen LogP contribution in [0.4, 0.5) is 10.1 Å². The van der Waals surface area contributed by atoms with Gasteiger partial charge in [-0.3, -0.25) is 10.1 Å². The molecule has 33 heavy (non-hydrogen) atoms. The monoisotopic (exact) mass is 474 g/mol. The Morgan fingerprint density at radius 3 is 2.18 bits per heavy atom. The zero-order chi connectivity index (χ0) is 24.0. The Hall–Kier alpha value is -3.18. The van der Waals surface area contributed by atoms with Crippen molar-refractivity contribution < 1.29 is 27.2 Å². The zero-order valence-corrected chi connectivity index (χ0v) is 18.8. The fourth-order valence-electron chi connectivity index (χ4n) is 3.51. The van der Waals surface area contributed by atoms with E-state index in [1.807, 2.05) is 30.3 Å². The first-order valence-electron chi connectivity index (χ1n) is 9.92. The van der Waals surface area contributed by atoms with Gasteiger partial charge in [-0.15, -0.1) is 0 Å². The molecule has 0 unspecified atom stereocenters. The number of rotatable bonds is 10. The molecule has 0 aliphatic carbocycles. The summed E-state index contributed by atoms with van der Waals surface area (Å²) in [7, 11) is -1.44. The zero-order valence-electron chi connectivity index (χ0n) is 18.0. The molecule has 0 aliphatic heterocycles. The van der Waals surface area contributed by atoms with Crippen molar-refractivity contribution in [1.82, 2.24) is 4.72 Å². The summed E-state index contributed by atoms with van der Waals surface area (Å²) < 4.78 is 54.0. The Balaban J connectivity index is 1.98. The fraction of sp³-hybridized carbons (Fsp3) is 0.217. The van der Waals surface area contributed by atoms with Crippen LogP contribution in [0.3, 0.4) is 0 Å². The van der Waals surface area contributed by atoms with Gasteiger partial charge in [0.15, 0.2) is 6.29 Å². The van der Waals surface area contributed by atoms with Crippen LogP contribution < -0.4 is 4.72 Å². The van der Waals surface area contributed by atoms with Crippen LogP contribution in [0.2, 0.25) is 0 Å². The molecule has 1 atom stereocenters. The van der Waals surface area contributed by atoms with Crippen molar-refractivity contribution in [2.24, 2.45) is 0 Å². The van der Waals surface area contributed by atoms with Crippen LogP contribution in [0.1, 0.15) is 5.56 Å². The van der Waals surface area contributed by atoms with Crippen molar-refractivity contribution in [2.75, 3.05) is 14.2 Å². The highest BCUT2D eigenvalue weighted by atomic mass is 32.2. The summed E-state index contributed by atoms with van der Waals surface area (Å²) >= 11 is 0. The number of nitrogens with zero attached hydrogens (tertiary/aromatic N) is 1. The molecule has 3 aromatic rings. The number of benzene rings is 3. The van der Waals surface area contributed by atoms with Gasteiger partial charge in [-0.2, -0.15) is 0 Å². The molecule has 0 aliphatic rings. The molecule has 174 valence electrons. The first-order valence-corrected chi connectivity index (χ1v) is 11.4. The van der Waals surface area contributed by atoms with Crippen molar-refractivity contribution in [3.05, 3.63) is 94.3 Å². The Morgan fingerprint density at radius 1 is 0.970 bits per heavy atom. The highest BCUT2D eigenvalue weighted by Gasteiger charge is 2.30. The first kappa shape index (κ1) is 24.5. The van der Waals surface area contributed by atoms with Gasteiger partial charge in [-0.25, -0.2) is 17.5 Å². The molecule has 0 fully saturated rings. The summed E-state index contributed by atoms with van der Waals surface area (Å²) in [6.45, 7) is 0. The lowest BCUT2D eigenvalue weighted by molar-refractivity contribution is -0.384. The minimum Gasteiger partial charge on any atom is -0.354 e. The number of halogens is 1. The molecule has 3 rings (SSSR count). The predicted molar refractivity (Wildman–Crippen MR) is 121 cm³/mol. The number of hydrogen-bond acceptors (Lipinski definition) is 6. The molecule has 0 radical (unpaired) electrons. The first-order chi connectivity index (χ1) is 15.8. The van der Waals surface area contributed by atoms with Gasteiger partial charge in [0.1, 0.15) is 5.82 Å². The van der Waals surface area contributed by atoms with E-state index in [1.54, 1.807) is 12.1 Å². The second kappa shape index (κ2) is 10.6. The number of non-ortho nitro benzene ring substituents is 1. The molecule has 0 aromatic heterocycles. The van der Waals surface area contributed by atoms with Gasteiger partial charge in [0, 0.05) is 26.4 Å². The second-order valence-corrected chi connectivity index (χ2v) is 8.87. The van der Waals surface area contributed by atoms with Gasteiger partial charge in [-0.1, -0.05) is 42.5 Å². The third-order valence-corrected chi connectivity index (χ3v) is 6.59. The van der Waals surface area contributed by atoms with E-state index in [-0.39, 0.29) is 17.0 Å². The molecule has 0 amide bonds. The number of nitro groups is 1. The smallest absolute Gasteiger partial charge is 0.269 e. The van der Waals surface area contributed by atoms with Crippen LogP contribution in [0, 0.1) is 15.9 Å². The summed E-state index contributed by atoms with van der Waals surface area (Å²) in [4.78, 5) is 10.1. The average molecular weight is 475 g/mol. The number of sulfonamides is 1. The molecule has 1 N–H and O–H groups in total. The number of nitro benzene ring substituents is 1. The lowest BCUT2D eigenvalue weighted by Crippen LogP contribution is -2.46. The maximum atomic E-state index is 14.9. The van der Waals surface area contributed by atoms with Gasteiger partial charge in [0.2, 0.25) is 10.0 Å². The lowest BCUT2D eigenvalue weighted by atomic mass is 9.94. The van der Waals surface area contributed by atoms with E-state index in [0.717, 1.165) is 29.8 Å². The highest BCUT2D eigenvalue weighted by Crippen LogP contribution is 2.28. The van der Waals surface area contributed by atoms with E-state index in [9.17, 15) is 22.9 Å². The summed E-state index contributed by atoms with van der Waals surface area (Å²) in [6, 6.07) is 17.2. The molecular weight excluding hydrogens is 451 g/mol. The summed E-state index contributed by atoms with van der Waals surface area (Å²) in [5, 5.41) is 10.9. The van der Waals surface area contributed by atoms with Crippen LogP contribution in [0.5, 0.6) is 0 Å². The van der Waals surface area contributed by atoms with Gasteiger partial charge in [-0.05, 0) is 41.3 Å². The summed E-state index contributed by atoms with van der Waals surface area (Å²) in [6.07, 6.45) is -1.10. The third kappa shape index (κ3) is 5.79. The maximum Gasteiger partial charge on any atom is 0.269 e. The molecule has 0 saturated carbocycles. The van der Waals surface area contributed by atoms with Crippen LogP contribution in [-0.2, 0) is 25.9 Å². The molecule has 10 heteroatoms. The van der Waals surface area contributed by atoms with Gasteiger partial charge < -0.3 is 9.47 Å². The number of methoxy groups -OCH3 is 2. The molecule has 0 heterocycles. The third-order valence-electron chi connectivity index (χ3n) is 5.09.